The van der Waals surface area contributed by atoms with Crippen molar-refractivity contribution in [2.24, 2.45) is 12.0 Å². The molecule has 1 aromatic heterocycles. The molecule has 0 aliphatic rings. The van der Waals surface area contributed by atoms with Gasteiger partial charge < -0.3 is 15.5 Å². The zero-order valence-corrected chi connectivity index (χ0v) is 14.4. The van der Waals surface area contributed by atoms with Crippen molar-refractivity contribution in [3.63, 3.8) is 0 Å². The molecule has 23 heavy (non-hydrogen) atoms. The number of hydrogen-bond donors (Lipinski definition) is 2. The number of benzene rings is 1. The molecule has 2 rings (SSSR count). The average molecular weight is 314 g/mol. The third-order valence-corrected chi connectivity index (χ3v) is 3.55. The monoisotopic (exact) mass is 314 g/mol. The molecular weight excluding hydrogens is 288 g/mol. The molecule has 0 spiro atoms. The minimum Gasteiger partial charge on any atom is -0.378 e. The van der Waals surface area contributed by atoms with E-state index >= 15 is 0 Å². The fourth-order valence-corrected chi connectivity index (χ4v) is 2.19. The highest BCUT2D eigenvalue weighted by atomic mass is 15.3. The summed E-state index contributed by atoms with van der Waals surface area (Å²) in [5.74, 6) is 0.809. The van der Waals surface area contributed by atoms with Gasteiger partial charge in [0.2, 0.25) is 0 Å². The number of aromatic nitrogens is 2. The van der Waals surface area contributed by atoms with Gasteiger partial charge in [-0.2, -0.15) is 5.10 Å². The van der Waals surface area contributed by atoms with Crippen LogP contribution >= 0.6 is 0 Å². The first kappa shape index (κ1) is 16.9. The van der Waals surface area contributed by atoms with Gasteiger partial charge in [0.15, 0.2) is 5.96 Å². The van der Waals surface area contributed by atoms with Gasteiger partial charge in [0, 0.05) is 39.6 Å². The van der Waals surface area contributed by atoms with Crippen molar-refractivity contribution in [3.8, 4) is 0 Å². The van der Waals surface area contributed by atoms with Crippen LogP contribution in [0.15, 0.2) is 41.5 Å². The summed E-state index contributed by atoms with van der Waals surface area (Å²) in [5.41, 5.74) is 3.49. The van der Waals surface area contributed by atoms with E-state index in [1.807, 2.05) is 31.9 Å². The summed E-state index contributed by atoms with van der Waals surface area (Å²) < 4.78 is 1.86. The van der Waals surface area contributed by atoms with E-state index < -0.39 is 0 Å². The lowest BCUT2D eigenvalue weighted by atomic mass is 10.2. The minimum absolute atomic E-state index is 0.641. The Labute approximate surface area is 138 Å². The van der Waals surface area contributed by atoms with Crippen LogP contribution in [-0.4, -0.2) is 36.4 Å². The summed E-state index contributed by atoms with van der Waals surface area (Å²) in [6.45, 7) is 4.23. The third-order valence-electron chi connectivity index (χ3n) is 3.55. The average Bonchev–Trinajstić information content (AvgIpc) is 2.95. The van der Waals surface area contributed by atoms with E-state index in [0.29, 0.717) is 13.1 Å². The minimum atomic E-state index is 0.641. The Kier molecular flexibility index (Phi) is 6.02. The lowest BCUT2D eigenvalue weighted by molar-refractivity contribution is 0.685. The van der Waals surface area contributed by atoms with Crippen molar-refractivity contribution in [2.45, 2.75) is 20.0 Å². The first-order valence-electron chi connectivity index (χ1n) is 7.85. The molecule has 124 valence electrons. The Morgan fingerprint density at radius 3 is 2.74 bits per heavy atom. The molecule has 1 heterocycles. The smallest absolute Gasteiger partial charge is 0.191 e. The number of hydrogen-bond acceptors (Lipinski definition) is 3. The summed E-state index contributed by atoms with van der Waals surface area (Å²) in [5, 5.41) is 10.8. The van der Waals surface area contributed by atoms with E-state index in [-0.39, 0.29) is 0 Å². The predicted octanol–water partition coefficient (Wildman–Crippen LogP) is 1.74. The zero-order valence-electron chi connectivity index (χ0n) is 14.4. The number of aryl methyl sites for hydroxylation is 1. The molecule has 0 radical (unpaired) electrons. The SMILES string of the molecule is CCNC(=NCc1cccc(N(C)C)c1)NCc1ccnn1C. The van der Waals surface area contributed by atoms with Gasteiger partial charge in [-0.15, -0.1) is 0 Å². The zero-order chi connectivity index (χ0) is 16.7. The summed E-state index contributed by atoms with van der Waals surface area (Å²) in [6, 6.07) is 10.4. The number of nitrogens with one attached hydrogen (secondary N) is 2. The van der Waals surface area contributed by atoms with Gasteiger partial charge in [-0.3, -0.25) is 4.68 Å². The summed E-state index contributed by atoms with van der Waals surface area (Å²) >= 11 is 0. The largest absolute Gasteiger partial charge is 0.378 e. The van der Waals surface area contributed by atoms with Gasteiger partial charge in [0.1, 0.15) is 0 Å². The maximum absolute atomic E-state index is 4.66. The number of nitrogens with zero attached hydrogens (tertiary/aromatic N) is 4. The van der Waals surface area contributed by atoms with Crippen LogP contribution in [0.1, 0.15) is 18.2 Å². The maximum Gasteiger partial charge on any atom is 0.191 e. The van der Waals surface area contributed by atoms with Crippen LogP contribution < -0.4 is 15.5 Å². The highest BCUT2D eigenvalue weighted by Gasteiger charge is 2.02. The molecule has 0 unspecified atom stereocenters. The van der Waals surface area contributed by atoms with E-state index in [4.69, 9.17) is 0 Å². The van der Waals surface area contributed by atoms with Crippen LogP contribution in [0.25, 0.3) is 0 Å². The lowest BCUT2D eigenvalue weighted by Gasteiger charge is -2.14. The predicted molar refractivity (Wildman–Crippen MR) is 95.6 cm³/mol. The molecule has 6 nitrogen and oxygen atoms in total. The van der Waals surface area contributed by atoms with Crippen LogP contribution in [0.2, 0.25) is 0 Å². The first-order chi connectivity index (χ1) is 11.1. The Balaban J connectivity index is 2.00. The number of aliphatic imine (C=N–C) groups is 1. The van der Waals surface area contributed by atoms with Crippen molar-refractivity contribution in [3.05, 3.63) is 47.8 Å². The third kappa shape index (κ3) is 5.02. The van der Waals surface area contributed by atoms with Gasteiger partial charge in [-0.1, -0.05) is 12.1 Å². The molecular formula is C17H26N6. The molecule has 1 aromatic carbocycles. The molecule has 0 bridgehead atoms. The molecule has 6 heteroatoms. The fourth-order valence-electron chi connectivity index (χ4n) is 2.19. The second kappa shape index (κ2) is 8.22. The number of rotatable bonds is 6. The highest BCUT2D eigenvalue weighted by Crippen LogP contribution is 2.13. The Morgan fingerprint density at radius 1 is 1.26 bits per heavy atom. The van der Waals surface area contributed by atoms with Gasteiger partial charge in [0.25, 0.3) is 0 Å². The molecule has 0 aliphatic carbocycles. The van der Waals surface area contributed by atoms with Crippen molar-refractivity contribution >= 4 is 11.6 Å². The lowest BCUT2D eigenvalue weighted by Crippen LogP contribution is -2.37. The van der Waals surface area contributed by atoms with Crippen molar-refractivity contribution in [1.82, 2.24) is 20.4 Å². The highest BCUT2D eigenvalue weighted by molar-refractivity contribution is 5.79. The molecule has 0 fully saturated rings. The van der Waals surface area contributed by atoms with Crippen LogP contribution in [0, 0.1) is 0 Å². The topological polar surface area (TPSA) is 57.5 Å². The summed E-state index contributed by atoms with van der Waals surface area (Å²) in [6.07, 6.45) is 1.80. The van der Waals surface area contributed by atoms with E-state index in [9.17, 15) is 0 Å². The van der Waals surface area contributed by atoms with Crippen LogP contribution in [-0.2, 0) is 20.1 Å². The second-order valence-electron chi connectivity index (χ2n) is 5.56. The molecule has 0 saturated heterocycles. The second-order valence-corrected chi connectivity index (χ2v) is 5.56. The van der Waals surface area contributed by atoms with Gasteiger partial charge in [0.05, 0.1) is 18.8 Å². The van der Waals surface area contributed by atoms with Gasteiger partial charge >= 0.3 is 0 Å². The summed E-state index contributed by atoms with van der Waals surface area (Å²) in [7, 11) is 6.03. The molecule has 0 aliphatic heterocycles. The quantitative estimate of drug-likeness (QED) is 0.630. The molecule has 2 N–H and O–H groups in total. The van der Waals surface area contributed by atoms with E-state index in [1.165, 1.54) is 11.3 Å². The normalized spacial score (nSPS) is 11.4. The van der Waals surface area contributed by atoms with Crippen LogP contribution in [0.3, 0.4) is 0 Å². The van der Waals surface area contributed by atoms with Crippen molar-refractivity contribution < 1.29 is 0 Å². The van der Waals surface area contributed by atoms with Crippen LogP contribution in [0.4, 0.5) is 5.69 Å². The van der Waals surface area contributed by atoms with E-state index in [0.717, 1.165) is 18.2 Å². The van der Waals surface area contributed by atoms with E-state index in [1.54, 1.807) is 6.20 Å². The standard InChI is InChI=1S/C17H26N6/c1-5-18-17(20-13-16-9-10-21-23(16)4)19-12-14-7-6-8-15(11-14)22(2)3/h6-11H,5,12-13H2,1-4H3,(H2,18,19,20). The van der Waals surface area contributed by atoms with Crippen molar-refractivity contribution in [1.29, 1.82) is 0 Å². The Morgan fingerprint density at radius 2 is 2.09 bits per heavy atom. The van der Waals surface area contributed by atoms with Gasteiger partial charge in [-0.25, -0.2) is 4.99 Å². The molecule has 0 saturated carbocycles. The Bertz CT molecular complexity index is 644. The summed E-state index contributed by atoms with van der Waals surface area (Å²) in [4.78, 5) is 6.76. The fraction of sp³-hybridized carbons (Fsp3) is 0.412. The number of guanidine groups is 1. The van der Waals surface area contributed by atoms with Crippen LogP contribution in [0.5, 0.6) is 0 Å². The van der Waals surface area contributed by atoms with Gasteiger partial charge in [-0.05, 0) is 30.7 Å². The van der Waals surface area contributed by atoms with E-state index in [2.05, 4.69) is 56.8 Å². The molecule has 0 amide bonds. The maximum atomic E-state index is 4.66. The number of anilines is 1. The molecule has 2 aromatic rings. The Hall–Kier alpha value is -2.50. The first-order valence-corrected chi connectivity index (χ1v) is 7.85. The molecule has 0 atom stereocenters. The van der Waals surface area contributed by atoms with Crippen molar-refractivity contribution in [2.75, 3.05) is 25.5 Å².